The van der Waals surface area contributed by atoms with Crippen LogP contribution in [0.2, 0.25) is 0 Å². The fourth-order valence-electron chi connectivity index (χ4n) is 1.66. The third-order valence-corrected chi connectivity index (χ3v) is 2.41. The summed E-state index contributed by atoms with van der Waals surface area (Å²) in [5, 5.41) is 2.26. The number of hydrogen-bond acceptors (Lipinski definition) is 3. The largest absolute Gasteiger partial charge is 0.494 e. The Morgan fingerprint density at radius 2 is 2.11 bits per heavy atom. The van der Waals surface area contributed by atoms with Gasteiger partial charge in [0, 0.05) is 6.04 Å². The Morgan fingerprint density at radius 1 is 1.47 bits per heavy atom. The first-order valence-corrected chi connectivity index (χ1v) is 5.54. The summed E-state index contributed by atoms with van der Waals surface area (Å²) in [5.74, 6) is -0.500. The highest BCUT2D eigenvalue weighted by molar-refractivity contribution is 5.98. The number of alkyl halides is 3. The van der Waals surface area contributed by atoms with Crippen LogP contribution in [0.1, 0.15) is 23.7 Å². The van der Waals surface area contributed by atoms with Crippen molar-refractivity contribution in [1.82, 2.24) is 5.32 Å². The van der Waals surface area contributed by atoms with Crippen molar-refractivity contribution in [1.29, 1.82) is 0 Å². The van der Waals surface area contributed by atoms with Gasteiger partial charge in [0.25, 0.3) is 5.91 Å². The molecule has 1 unspecified atom stereocenters. The Labute approximate surface area is 108 Å². The van der Waals surface area contributed by atoms with Crippen LogP contribution in [0.3, 0.4) is 0 Å². The van der Waals surface area contributed by atoms with Crippen LogP contribution in [-0.4, -0.2) is 25.2 Å². The van der Waals surface area contributed by atoms with Crippen molar-refractivity contribution < 1.29 is 22.7 Å². The molecule has 19 heavy (non-hydrogen) atoms. The van der Waals surface area contributed by atoms with Crippen molar-refractivity contribution in [2.75, 3.05) is 12.8 Å². The Bertz CT molecular complexity index is 461. The minimum absolute atomic E-state index is 0.108. The minimum Gasteiger partial charge on any atom is -0.494 e. The van der Waals surface area contributed by atoms with E-state index in [-0.39, 0.29) is 17.0 Å². The van der Waals surface area contributed by atoms with Crippen molar-refractivity contribution in [2.24, 2.45) is 0 Å². The first kappa shape index (κ1) is 15.1. The minimum atomic E-state index is -4.33. The number of carbonyl (C=O) groups excluding carboxylic acids is 1. The molecule has 106 valence electrons. The van der Waals surface area contributed by atoms with Crippen molar-refractivity contribution in [3.63, 3.8) is 0 Å². The van der Waals surface area contributed by atoms with Gasteiger partial charge in [-0.15, -0.1) is 0 Å². The second-order valence-electron chi connectivity index (χ2n) is 4.12. The van der Waals surface area contributed by atoms with E-state index in [0.29, 0.717) is 0 Å². The number of anilines is 1. The number of halogens is 3. The summed E-state index contributed by atoms with van der Waals surface area (Å²) >= 11 is 0. The van der Waals surface area contributed by atoms with E-state index in [9.17, 15) is 18.0 Å². The lowest BCUT2D eigenvalue weighted by Crippen LogP contribution is -2.36. The normalized spacial score (nSPS) is 12.9. The summed E-state index contributed by atoms with van der Waals surface area (Å²) in [6.07, 6.45) is -5.42. The van der Waals surface area contributed by atoms with Gasteiger partial charge in [-0.3, -0.25) is 4.79 Å². The molecule has 1 atom stereocenters. The molecule has 4 nitrogen and oxygen atoms in total. The lowest BCUT2D eigenvalue weighted by atomic mass is 10.1. The second kappa shape index (κ2) is 5.81. The summed E-state index contributed by atoms with van der Waals surface area (Å²) in [6, 6.07) is 3.47. The molecule has 0 aliphatic heterocycles. The van der Waals surface area contributed by atoms with Gasteiger partial charge >= 0.3 is 6.18 Å². The van der Waals surface area contributed by atoms with Gasteiger partial charge in [0.2, 0.25) is 0 Å². The molecule has 0 spiro atoms. The van der Waals surface area contributed by atoms with E-state index in [1.807, 2.05) is 0 Å². The van der Waals surface area contributed by atoms with Crippen LogP contribution in [0.25, 0.3) is 0 Å². The van der Waals surface area contributed by atoms with Crippen molar-refractivity contribution in [3.05, 3.63) is 23.8 Å². The molecule has 0 radical (unpaired) electrons. The van der Waals surface area contributed by atoms with Crippen LogP contribution in [0, 0.1) is 0 Å². The van der Waals surface area contributed by atoms with Crippen LogP contribution in [0.5, 0.6) is 5.75 Å². The van der Waals surface area contributed by atoms with Gasteiger partial charge in [-0.25, -0.2) is 0 Å². The number of methoxy groups -OCH3 is 1. The lowest BCUT2D eigenvalue weighted by molar-refractivity contribution is -0.138. The Morgan fingerprint density at radius 3 is 2.63 bits per heavy atom. The Balaban J connectivity index is 2.82. The molecular weight excluding hydrogens is 261 g/mol. The molecule has 0 fully saturated rings. The maximum Gasteiger partial charge on any atom is 0.391 e. The summed E-state index contributed by atoms with van der Waals surface area (Å²) in [4.78, 5) is 11.9. The molecule has 0 saturated heterocycles. The standard InChI is InChI=1S/C12H15F3N2O2/c1-7(6-12(13,14)15)17-11(18)8-4-3-5-9(16)10(8)19-2/h3-5,7H,6,16H2,1-2H3,(H,17,18). The fraction of sp³-hybridized carbons (Fsp3) is 0.417. The highest BCUT2D eigenvalue weighted by Gasteiger charge is 2.31. The van der Waals surface area contributed by atoms with E-state index in [4.69, 9.17) is 10.5 Å². The zero-order valence-corrected chi connectivity index (χ0v) is 10.5. The quantitative estimate of drug-likeness (QED) is 0.830. The van der Waals surface area contributed by atoms with Gasteiger partial charge < -0.3 is 15.8 Å². The van der Waals surface area contributed by atoms with Crippen molar-refractivity contribution >= 4 is 11.6 Å². The molecule has 0 aliphatic carbocycles. The molecule has 0 aromatic heterocycles. The van der Waals surface area contributed by atoms with E-state index in [1.54, 1.807) is 0 Å². The summed E-state index contributed by atoms with van der Waals surface area (Å²) in [7, 11) is 1.33. The molecule has 1 aromatic carbocycles. The third-order valence-electron chi connectivity index (χ3n) is 2.41. The number of para-hydroxylation sites is 1. The monoisotopic (exact) mass is 276 g/mol. The van der Waals surface area contributed by atoms with Crippen molar-refractivity contribution in [2.45, 2.75) is 25.6 Å². The lowest BCUT2D eigenvalue weighted by Gasteiger charge is -2.17. The number of nitrogen functional groups attached to an aromatic ring is 1. The number of nitrogens with two attached hydrogens (primary N) is 1. The number of benzene rings is 1. The number of rotatable bonds is 4. The number of nitrogens with one attached hydrogen (secondary N) is 1. The Kier molecular flexibility index (Phi) is 4.63. The molecule has 3 N–H and O–H groups in total. The van der Waals surface area contributed by atoms with E-state index in [0.717, 1.165) is 0 Å². The van der Waals surface area contributed by atoms with E-state index in [1.165, 1.54) is 32.2 Å². The van der Waals surface area contributed by atoms with Gasteiger partial charge in [-0.2, -0.15) is 13.2 Å². The smallest absolute Gasteiger partial charge is 0.391 e. The van der Waals surface area contributed by atoms with Crippen LogP contribution < -0.4 is 15.8 Å². The average molecular weight is 276 g/mol. The first-order valence-electron chi connectivity index (χ1n) is 5.54. The summed E-state index contributed by atoms with van der Waals surface area (Å²) < 4.78 is 41.5. The van der Waals surface area contributed by atoms with Crippen LogP contribution in [0.4, 0.5) is 18.9 Å². The number of hydrogen-bond donors (Lipinski definition) is 2. The van der Waals surface area contributed by atoms with Gasteiger partial charge in [0.1, 0.15) is 0 Å². The molecule has 7 heteroatoms. The highest BCUT2D eigenvalue weighted by atomic mass is 19.4. The average Bonchev–Trinajstić information content (AvgIpc) is 2.25. The number of amides is 1. The molecular formula is C12H15F3N2O2. The fourth-order valence-corrected chi connectivity index (χ4v) is 1.66. The molecule has 0 aliphatic rings. The maximum absolute atomic E-state index is 12.2. The zero-order chi connectivity index (χ0) is 14.6. The molecule has 1 amide bonds. The summed E-state index contributed by atoms with van der Waals surface area (Å²) in [5.41, 5.74) is 5.97. The zero-order valence-electron chi connectivity index (χ0n) is 10.5. The van der Waals surface area contributed by atoms with Crippen molar-refractivity contribution in [3.8, 4) is 5.75 Å². The molecule has 1 rings (SSSR count). The van der Waals surface area contributed by atoms with E-state index in [2.05, 4.69) is 5.32 Å². The second-order valence-corrected chi connectivity index (χ2v) is 4.12. The third kappa shape index (κ3) is 4.35. The van der Waals surface area contributed by atoms with Crippen LogP contribution in [-0.2, 0) is 0 Å². The van der Waals surface area contributed by atoms with Gasteiger partial charge in [-0.1, -0.05) is 6.07 Å². The highest BCUT2D eigenvalue weighted by Crippen LogP contribution is 2.26. The van der Waals surface area contributed by atoms with Gasteiger partial charge in [0.15, 0.2) is 5.75 Å². The first-order chi connectivity index (χ1) is 8.74. The predicted molar refractivity (Wildman–Crippen MR) is 65.0 cm³/mol. The van der Waals surface area contributed by atoms with Crippen LogP contribution >= 0.6 is 0 Å². The Hall–Kier alpha value is -1.92. The molecule has 0 heterocycles. The number of ether oxygens (including phenoxy) is 1. The van der Waals surface area contributed by atoms with Gasteiger partial charge in [-0.05, 0) is 19.1 Å². The molecule has 0 bridgehead atoms. The maximum atomic E-state index is 12.2. The molecule has 0 saturated carbocycles. The SMILES string of the molecule is COc1c(N)cccc1C(=O)NC(C)CC(F)(F)F. The topological polar surface area (TPSA) is 64.3 Å². The molecule has 1 aromatic rings. The van der Waals surface area contributed by atoms with Crippen LogP contribution in [0.15, 0.2) is 18.2 Å². The predicted octanol–water partition coefficient (Wildman–Crippen LogP) is 2.35. The van der Waals surface area contributed by atoms with Gasteiger partial charge in [0.05, 0.1) is 24.8 Å². The number of carbonyl (C=O) groups is 1. The summed E-state index contributed by atoms with van der Waals surface area (Å²) in [6.45, 7) is 1.28. The van der Waals surface area contributed by atoms with E-state index < -0.39 is 24.5 Å². The van der Waals surface area contributed by atoms with E-state index >= 15 is 0 Å².